The van der Waals surface area contributed by atoms with E-state index in [9.17, 15) is 9.59 Å². The topological polar surface area (TPSA) is 59.1 Å². The van der Waals surface area contributed by atoms with E-state index < -0.39 is 0 Å². The number of fused-ring (bicyclic) bond motifs is 1. The van der Waals surface area contributed by atoms with Crippen molar-refractivity contribution in [1.82, 2.24) is 9.80 Å². The van der Waals surface area contributed by atoms with Crippen LogP contribution in [0.1, 0.15) is 39.1 Å². The van der Waals surface area contributed by atoms with E-state index in [1.165, 1.54) is 10.5 Å². The third kappa shape index (κ3) is 4.77. The minimum atomic E-state index is -0.174. The van der Waals surface area contributed by atoms with Gasteiger partial charge in [0, 0.05) is 13.1 Å². The minimum absolute atomic E-state index is 0.174. The Bertz CT molecular complexity index is 846. The fourth-order valence-electron chi connectivity index (χ4n) is 3.56. The van der Waals surface area contributed by atoms with Crippen LogP contribution in [0.25, 0.3) is 0 Å². The first-order valence-electron chi connectivity index (χ1n) is 9.90. The summed E-state index contributed by atoms with van der Waals surface area (Å²) < 4.78 is 10.6. The highest BCUT2D eigenvalue weighted by atomic mass is 16.5. The average molecular weight is 396 g/mol. The summed E-state index contributed by atoms with van der Waals surface area (Å²) >= 11 is 0. The number of hydrogen-bond donors (Lipinski definition) is 0. The van der Waals surface area contributed by atoms with E-state index in [1.807, 2.05) is 12.1 Å². The molecule has 2 aromatic carbocycles. The number of nitrogens with zero attached hydrogens (tertiary/aromatic N) is 2. The van der Waals surface area contributed by atoms with Gasteiger partial charge in [-0.1, -0.05) is 18.2 Å². The molecular weight excluding hydrogens is 368 g/mol. The molecule has 3 rings (SSSR count). The van der Waals surface area contributed by atoms with E-state index in [0.717, 1.165) is 43.9 Å². The maximum Gasteiger partial charge on any atom is 0.261 e. The Morgan fingerprint density at radius 2 is 1.52 bits per heavy atom. The summed E-state index contributed by atoms with van der Waals surface area (Å²) in [5.74, 6) is 1.13. The fraction of sp³-hybridized carbons (Fsp3) is 0.391. The highest BCUT2D eigenvalue weighted by Crippen LogP contribution is 2.27. The highest BCUT2D eigenvalue weighted by Gasteiger charge is 2.34. The summed E-state index contributed by atoms with van der Waals surface area (Å²) in [5, 5.41) is 0. The lowest BCUT2D eigenvalue weighted by molar-refractivity contribution is 0.0650. The van der Waals surface area contributed by atoms with Crippen LogP contribution < -0.4 is 9.47 Å². The van der Waals surface area contributed by atoms with Crippen LogP contribution in [0.2, 0.25) is 0 Å². The van der Waals surface area contributed by atoms with Crippen molar-refractivity contribution < 1.29 is 19.1 Å². The van der Waals surface area contributed by atoms with Crippen LogP contribution in [0.5, 0.6) is 11.5 Å². The van der Waals surface area contributed by atoms with Gasteiger partial charge in [-0.25, -0.2) is 0 Å². The third-order valence-corrected chi connectivity index (χ3v) is 5.28. The summed E-state index contributed by atoms with van der Waals surface area (Å²) in [4.78, 5) is 28.4. The minimum Gasteiger partial charge on any atom is -0.493 e. The molecule has 0 aliphatic carbocycles. The van der Waals surface area contributed by atoms with Gasteiger partial charge in [-0.3, -0.25) is 14.5 Å². The molecule has 1 aliphatic rings. The van der Waals surface area contributed by atoms with Crippen LogP contribution >= 0.6 is 0 Å². The maximum absolute atomic E-state index is 12.4. The van der Waals surface area contributed by atoms with E-state index in [-0.39, 0.29) is 11.8 Å². The molecule has 0 bridgehead atoms. The Morgan fingerprint density at radius 1 is 0.862 bits per heavy atom. The summed E-state index contributed by atoms with van der Waals surface area (Å²) in [6, 6.07) is 13.0. The smallest absolute Gasteiger partial charge is 0.261 e. The van der Waals surface area contributed by atoms with Gasteiger partial charge in [0.1, 0.15) is 0 Å². The number of carbonyl (C=O) groups excluding carboxylic acids is 2. The first-order chi connectivity index (χ1) is 14.0. The molecule has 29 heavy (non-hydrogen) atoms. The second kappa shape index (κ2) is 9.56. The lowest BCUT2D eigenvalue weighted by atomic mass is 10.1. The SMILES string of the molecule is COc1ccc(CCN(C)CCCCN2C(=O)c3ccccc3C2=O)cc1OC. The van der Waals surface area contributed by atoms with Crippen molar-refractivity contribution in [1.29, 1.82) is 0 Å². The molecule has 0 fully saturated rings. The molecule has 0 radical (unpaired) electrons. The molecule has 1 aliphatic heterocycles. The molecule has 2 aromatic rings. The lowest BCUT2D eigenvalue weighted by Gasteiger charge is -2.18. The fourth-order valence-corrected chi connectivity index (χ4v) is 3.56. The van der Waals surface area contributed by atoms with Gasteiger partial charge < -0.3 is 14.4 Å². The van der Waals surface area contributed by atoms with Gasteiger partial charge in [0.15, 0.2) is 11.5 Å². The number of unbranched alkanes of at least 4 members (excludes halogenated alkanes) is 1. The summed E-state index contributed by atoms with van der Waals surface area (Å²) in [7, 11) is 5.36. The van der Waals surface area contributed by atoms with Crippen molar-refractivity contribution in [3.63, 3.8) is 0 Å². The second-order valence-electron chi connectivity index (χ2n) is 7.26. The zero-order valence-corrected chi connectivity index (χ0v) is 17.3. The zero-order valence-electron chi connectivity index (χ0n) is 17.3. The van der Waals surface area contributed by atoms with E-state index in [2.05, 4.69) is 18.0 Å². The van der Waals surface area contributed by atoms with Crippen molar-refractivity contribution >= 4 is 11.8 Å². The Balaban J connectivity index is 1.40. The quantitative estimate of drug-likeness (QED) is 0.456. The Hall–Kier alpha value is -2.86. The first-order valence-corrected chi connectivity index (χ1v) is 9.90. The third-order valence-electron chi connectivity index (χ3n) is 5.28. The van der Waals surface area contributed by atoms with Crippen LogP contribution in [0.4, 0.5) is 0 Å². The largest absolute Gasteiger partial charge is 0.493 e. The molecule has 6 heteroatoms. The van der Waals surface area contributed by atoms with E-state index in [4.69, 9.17) is 9.47 Å². The van der Waals surface area contributed by atoms with E-state index in [1.54, 1.807) is 38.5 Å². The van der Waals surface area contributed by atoms with Crippen molar-refractivity contribution in [2.45, 2.75) is 19.3 Å². The van der Waals surface area contributed by atoms with Crippen molar-refractivity contribution in [3.05, 3.63) is 59.2 Å². The summed E-state index contributed by atoms with van der Waals surface area (Å²) in [5.41, 5.74) is 2.23. The van der Waals surface area contributed by atoms with Gasteiger partial charge in [-0.15, -0.1) is 0 Å². The molecular formula is C23H28N2O4. The number of rotatable bonds is 10. The van der Waals surface area contributed by atoms with Gasteiger partial charge in [0.05, 0.1) is 25.3 Å². The monoisotopic (exact) mass is 396 g/mol. The van der Waals surface area contributed by atoms with Gasteiger partial charge in [-0.05, 0) is 62.7 Å². The lowest BCUT2D eigenvalue weighted by Crippen LogP contribution is -2.31. The van der Waals surface area contributed by atoms with Crippen LogP contribution in [0.3, 0.4) is 0 Å². The van der Waals surface area contributed by atoms with E-state index >= 15 is 0 Å². The zero-order chi connectivity index (χ0) is 20.8. The number of benzene rings is 2. The number of methoxy groups -OCH3 is 2. The molecule has 6 nitrogen and oxygen atoms in total. The molecule has 2 amide bonds. The number of carbonyl (C=O) groups is 2. The number of imide groups is 1. The van der Waals surface area contributed by atoms with Crippen molar-refractivity contribution in [3.8, 4) is 11.5 Å². The number of likely N-dealkylation sites (N-methyl/N-ethyl adjacent to an activating group) is 1. The molecule has 0 aromatic heterocycles. The Morgan fingerprint density at radius 3 is 2.14 bits per heavy atom. The molecule has 0 spiro atoms. The van der Waals surface area contributed by atoms with Gasteiger partial charge in [-0.2, -0.15) is 0 Å². The molecule has 0 N–H and O–H groups in total. The van der Waals surface area contributed by atoms with Gasteiger partial charge in [0.2, 0.25) is 0 Å². The van der Waals surface area contributed by atoms with Crippen molar-refractivity contribution in [2.75, 3.05) is 40.9 Å². The molecule has 0 unspecified atom stereocenters. The number of ether oxygens (including phenoxy) is 2. The molecule has 154 valence electrons. The maximum atomic E-state index is 12.4. The van der Waals surface area contributed by atoms with Gasteiger partial charge >= 0.3 is 0 Å². The normalized spacial score (nSPS) is 13.2. The predicted molar refractivity (Wildman–Crippen MR) is 112 cm³/mol. The molecule has 0 saturated carbocycles. The van der Waals surface area contributed by atoms with Crippen LogP contribution in [0.15, 0.2) is 42.5 Å². The highest BCUT2D eigenvalue weighted by molar-refractivity contribution is 6.21. The summed E-state index contributed by atoms with van der Waals surface area (Å²) in [6.45, 7) is 2.30. The average Bonchev–Trinajstić information content (AvgIpc) is 2.99. The predicted octanol–water partition coefficient (Wildman–Crippen LogP) is 3.25. The van der Waals surface area contributed by atoms with Crippen LogP contribution in [-0.2, 0) is 6.42 Å². The molecule has 0 atom stereocenters. The number of amides is 2. The van der Waals surface area contributed by atoms with E-state index in [0.29, 0.717) is 17.7 Å². The first kappa shape index (κ1) is 20.9. The standard InChI is InChI=1S/C23H28N2O4/c1-24(15-12-17-10-11-20(28-2)21(16-17)29-3)13-6-7-14-25-22(26)18-8-4-5-9-19(18)23(25)27/h4-5,8-11,16H,6-7,12-15H2,1-3H3. The van der Waals surface area contributed by atoms with Gasteiger partial charge in [0.25, 0.3) is 11.8 Å². The number of hydrogen-bond acceptors (Lipinski definition) is 5. The van der Waals surface area contributed by atoms with Crippen molar-refractivity contribution in [2.24, 2.45) is 0 Å². The second-order valence-corrected chi connectivity index (χ2v) is 7.26. The Kier molecular flexibility index (Phi) is 6.88. The Labute approximate surface area is 172 Å². The van der Waals surface area contributed by atoms with Crippen LogP contribution in [0, 0.1) is 0 Å². The summed E-state index contributed by atoms with van der Waals surface area (Å²) in [6.07, 6.45) is 2.64. The molecule has 1 heterocycles. The molecule has 0 saturated heterocycles. The van der Waals surface area contributed by atoms with Crippen LogP contribution in [-0.4, -0.2) is 62.5 Å².